The second kappa shape index (κ2) is 7.31. The third-order valence-electron chi connectivity index (χ3n) is 6.12. The molecule has 1 nitrogen and oxygen atoms in total. The van der Waals surface area contributed by atoms with Crippen LogP contribution in [0, 0.1) is 5.92 Å². The average Bonchev–Trinajstić information content (AvgIpc) is 3.42. The van der Waals surface area contributed by atoms with Gasteiger partial charge in [-0.05, 0) is 66.8 Å². The molecule has 1 N–H and O–H groups in total. The Morgan fingerprint density at radius 2 is 1.59 bits per heavy atom. The first-order chi connectivity index (χ1) is 12.9. The molecule has 0 amide bonds. The summed E-state index contributed by atoms with van der Waals surface area (Å²) in [7, 11) is 0. The molecule has 4 heteroatoms. The van der Waals surface area contributed by atoms with Gasteiger partial charge in [0.15, 0.2) is 0 Å². The Balaban J connectivity index is 1.39. The molecule has 0 spiro atoms. The summed E-state index contributed by atoms with van der Waals surface area (Å²) in [6.07, 6.45) is 2.05. The summed E-state index contributed by atoms with van der Waals surface area (Å²) in [6, 6.07) is 14.8. The van der Waals surface area contributed by atoms with Crippen molar-refractivity contribution in [3.05, 3.63) is 59.7 Å². The van der Waals surface area contributed by atoms with Crippen molar-refractivity contribution in [2.24, 2.45) is 5.92 Å². The van der Waals surface area contributed by atoms with Gasteiger partial charge in [0.25, 0.3) is 0 Å². The van der Waals surface area contributed by atoms with Gasteiger partial charge < -0.3 is 5.32 Å². The number of nitrogens with one attached hydrogen (secondary N) is 1. The van der Waals surface area contributed by atoms with E-state index < -0.39 is 11.7 Å². The van der Waals surface area contributed by atoms with Gasteiger partial charge in [0.2, 0.25) is 0 Å². The number of hydrogen-bond acceptors (Lipinski definition) is 1. The first kappa shape index (κ1) is 18.5. The maximum absolute atomic E-state index is 12.9. The van der Waals surface area contributed by atoms with Crippen molar-refractivity contribution in [3.8, 4) is 11.1 Å². The zero-order valence-corrected chi connectivity index (χ0v) is 15.6. The average molecular weight is 373 g/mol. The van der Waals surface area contributed by atoms with Gasteiger partial charge in [0.05, 0.1) is 5.56 Å². The fraction of sp³-hybridized carbons (Fsp3) is 0.478. The molecular formula is C23H26F3N. The highest BCUT2D eigenvalue weighted by Gasteiger charge is 2.39. The Morgan fingerprint density at radius 3 is 2.26 bits per heavy atom. The van der Waals surface area contributed by atoms with Crippen molar-refractivity contribution in [1.29, 1.82) is 0 Å². The van der Waals surface area contributed by atoms with E-state index in [1.807, 2.05) is 12.1 Å². The largest absolute Gasteiger partial charge is 0.416 e. The molecule has 2 aromatic rings. The lowest BCUT2D eigenvalue weighted by molar-refractivity contribution is -0.137. The van der Waals surface area contributed by atoms with E-state index >= 15 is 0 Å². The van der Waals surface area contributed by atoms with Crippen molar-refractivity contribution in [2.75, 3.05) is 0 Å². The van der Waals surface area contributed by atoms with Crippen LogP contribution in [0.25, 0.3) is 11.1 Å². The molecule has 0 saturated heterocycles. The second-order valence-electron chi connectivity index (χ2n) is 8.27. The maximum Gasteiger partial charge on any atom is 0.416 e. The third kappa shape index (κ3) is 4.37. The van der Waals surface area contributed by atoms with Crippen LogP contribution in [0.2, 0.25) is 0 Å². The fourth-order valence-corrected chi connectivity index (χ4v) is 4.27. The predicted octanol–water partition coefficient (Wildman–Crippen LogP) is 6.40. The monoisotopic (exact) mass is 373 g/mol. The van der Waals surface area contributed by atoms with Gasteiger partial charge >= 0.3 is 6.18 Å². The van der Waals surface area contributed by atoms with E-state index in [1.165, 1.54) is 43.4 Å². The Hall–Kier alpha value is -1.81. The van der Waals surface area contributed by atoms with E-state index in [0.29, 0.717) is 23.6 Å². The predicted molar refractivity (Wildman–Crippen MR) is 103 cm³/mol. The van der Waals surface area contributed by atoms with Crippen LogP contribution in [0.3, 0.4) is 0 Å². The van der Waals surface area contributed by atoms with Crippen molar-refractivity contribution < 1.29 is 13.2 Å². The van der Waals surface area contributed by atoms with Gasteiger partial charge in [-0.2, -0.15) is 13.2 Å². The molecule has 2 atom stereocenters. The normalized spacial score (nSPS) is 28.1. The van der Waals surface area contributed by atoms with E-state index in [-0.39, 0.29) is 0 Å². The van der Waals surface area contributed by atoms with Crippen LogP contribution in [-0.4, -0.2) is 12.1 Å². The van der Waals surface area contributed by atoms with Crippen LogP contribution in [0.1, 0.15) is 56.1 Å². The van der Waals surface area contributed by atoms with Crippen molar-refractivity contribution in [1.82, 2.24) is 5.32 Å². The molecule has 2 fully saturated rings. The number of alkyl halides is 3. The highest BCUT2D eigenvalue weighted by Crippen LogP contribution is 2.42. The summed E-state index contributed by atoms with van der Waals surface area (Å²) in [5, 5.41) is 3.81. The van der Waals surface area contributed by atoms with Crippen molar-refractivity contribution in [3.63, 3.8) is 0 Å². The molecule has 0 aromatic heterocycles. The SMILES string of the molecule is CC1CCC(NC2CC2c2ccc(-c3cccc(C(F)(F)F)c3)cc2)CC1. The molecule has 2 unspecified atom stereocenters. The minimum absolute atomic E-state index is 0.542. The Morgan fingerprint density at radius 1 is 0.889 bits per heavy atom. The van der Waals surface area contributed by atoms with Crippen LogP contribution in [-0.2, 0) is 6.18 Å². The zero-order chi connectivity index (χ0) is 19.0. The quantitative estimate of drug-likeness (QED) is 0.654. The number of halogens is 3. The summed E-state index contributed by atoms with van der Waals surface area (Å²) in [6.45, 7) is 2.34. The number of rotatable bonds is 4. The molecule has 2 saturated carbocycles. The van der Waals surface area contributed by atoms with Crippen LogP contribution in [0.4, 0.5) is 13.2 Å². The molecule has 2 aliphatic rings. The summed E-state index contributed by atoms with van der Waals surface area (Å²) in [5.41, 5.74) is 2.12. The zero-order valence-electron chi connectivity index (χ0n) is 15.6. The molecule has 0 heterocycles. The molecule has 0 bridgehead atoms. The van der Waals surface area contributed by atoms with Crippen molar-refractivity contribution in [2.45, 2.75) is 63.2 Å². The number of hydrogen-bond donors (Lipinski definition) is 1. The maximum atomic E-state index is 12.9. The minimum atomic E-state index is -4.31. The van der Waals surface area contributed by atoms with Crippen LogP contribution >= 0.6 is 0 Å². The second-order valence-corrected chi connectivity index (χ2v) is 8.27. The fourth-order valence-electron chi connectivity index (χ4n) is 4.27. The summed E-state index contributed by atoms with van der Waals surface area (Å²) >= 11 is 0. The van der Waals surface area contributed by atoms with Crippen LogP contribution in [0.5, 0.6) is 0 Å². The standard InChI is InChI=1S/C23H26F3N/c1-15-5-11-20(12-6-15)27-22-14-21(22)17-9-7-16(8-10-17)18-3-2-4-19(13-18)23(24,25)26/h2-4,7-10,13,15,20-22,27H,5-6,11-12,14H2,1H3. The molecular weight excluding hydrogens is 347 g/mol. The first-order valence-corrected chi connectivity index (χ1v) is 9.94. The van der Waals surface area contributed by atoms with Crippen molar-refractivity contribution >= 4 is 0 Å². The molecule has 2 aliphatic carbocycles. The van der Waals surface area contributed by atoms with Gasteiger partial charge in [-0.1, -0.05) is 43.3 Å². The molecule has 27 heavy (non-hydrogen) atoms. The third-order valence-corrected chi connectivity index (χ3v) is 6.12. The minimum Gasteiger partial charge on any atom is -0.311 e. The Bertz CT molecular complexity index is 773. The lowest BCUT2D eigenvalue weighted by Crippen LogP contribution is -2.34. The molecule has 4 rings (SSSR count). The van der Waals surface area contributed by atoms with E-state index in [0.717, 1.165) is 24.0 Å². The van der Waals surface area contributed by atoms with E-state index in [2.05, 4.69) is 24.4 Å². The first-order valence-electron chi connectivity index (χ1n) is 9.94. The lowest BCUT2D eigenvalue weighted by atomic mass is 9.87. The molecule has 144 valence electrons. The van der Waals surface area contributed by atoms with E-state index in [1.54, 1.807) is 6.07 Å². The Kier molecular flexibility index (Phi) is 5.02. The lowest BCUT2D eigenvalue weighted by Gasteiger charge is -2.27. The van der Waals surface area contributed by atoms with Gasteiger partial charge in [0.1, 0.15) is 0 Å². The van der Waals surface area contributed by atoms with Crippen LogP contribution < -0.4 is 5.32 Å². The Labute approximate surface area is 159 Å². The van der Waals surface area contributed by atoms with Crippen LogP contribution in [0.15, 0.2) is 48.5 Å². The topological polar surface area (TPSA) is 12.0 Å². The molecule has 0 aliphatic heterocycles. The van der Waals surface area contributed by atoms with E-state index in [9.17, 15) is 13.2 Å². The van der Waals surface area contributed by atoms with E-state index in [4.69, 9.17) is 0 Å². The molecule has 0 radical (unpaired) electrons. The molecule has 2 aromatic carbocycles. The van der Waals surface area contributed by atoms with Gasteiger partial charge in [-0.15, -0.1) is 0 Å². The summed E-state index contributed by atoms with van der Waals surface area (Å²) in [5.74, 6) is 1.40. The highest BCUT2D eigenvalue weighted by atomic mass is 19.4. The number of benzene rings is 2. The van der Waals surface area contributed by atoms with Gasteiger partial charge in [0, 0.05) is 18.0 Å². The van der Waals surface area contributed by atoms with Gasteiger partial charge in [-0.25, -0.2) is 0 Å². The highest BCUT2D eigenvalue weighted by molar-refractivity contribution is 5.65. The summed E-state index contributed by atoms with van der Waals surface area (Å²) < 4.78 is 38.7. The summed E-state index contributed by atoms with van der Waals surface area (Å²) in [4.78, 5) is 0. The smallest absolute Gasteiger partial charge is 0.311 e. The van der Waals surface area contributed by atoms with Gasteiger partial charge in [-0.3, -0.25) is 0 Å².